The molecular weight excluding hydrogens is 283 g/mol. The topological polar surface area (TPSA) is 76.8 Å². The fraction of sp³-hybridized carbons (Fsp3) is 0.125. The van der Waals surface area contributed by atoms with Gasteiger partial charge >= 0.3 is 0 Å². The molecule has 0 aliphatic heterocycles. The smallest absolute Gasteiger partial charge is 0.181 e. The molecule has 0 fully saturated rings. The number of nitrogens with zero attached hydrogens (tertiary/aromatic N) is 2. The molecule has 1 heterocycles. The lowest BCUT2D eigenvalue weighted by atomic mass is 10.1. The van der Waals surface area contributed by atoms with Gasteiger partial charge in [-0.2, -0.15) is 5.10 Å². The first-order valence-corrected chi connectivity index (χ1v) is 6.75. The van der Waals surface area contributed by atoms with E-state index in [0.29, 0.717) is 17.2 Å². The predicted molar refractivity (Wildman–Crippen MR) is 80.8 cm³/mol. The summed E-state index contributed by atoms with van der Waals surface area (Å²) in [5.74, 6) is 1.36. The van der Waals surface area contributed by atoms with Gasteiger partial charge in [-0.1, -0.05) is 24.3 Å². The Balaban J connectivity index is 1.86. The molecule has 3 aromatic rings. The molecule has 3 rings (SSSR count). The van der Waals surface area contributed by atoms with E-state index in [9.17, 15) is 4.39 Å². The number of hydrogen-bond donors (Lipinski definition) is 2. The SMILES string of the molecule is COc1ccc(C(N)c2nc(-c3cccc(F)c3)n[nH]2)cc1. The minimum absolute atomic E-state index is 0.330. The van der Waals surface area contributed by atoms with E-state index in [1.54, 1.807) is 19.2 Å². The Kier molecular flexibility index (Phi) is 3.84. The summed E-state index contributed by atoms with van der Waals surface area (Å²) < 4.78 is 18.4. The van der Waals surface area contributed by atoms with E-state index < -0.39 is 6.04 Å². The maximum Gasteiger partial charge on any atom is 0.181 e. The van der Waals surface area contributed by atoms with Gasteiger partial charge in [-0.25, -0.2) is 9.37 Å². The van der Waals surface area contributed by atoms with Crippen LogP contribution in [0.2, 0.25) is 0 Å². The zero-order valence-electron chi connectivity index (χ0n) is 12.0. The average Bonchev–Trinajstić information content (AvgIpc) is 3.04. The Labute approximate surface area is 127 Å². The molecule has 1 aromatic heterocycles. The first-order valence-electron chi connectivity index (χ1n) is 6.75. The zero-order chi connectivity index (χ0) is 15.5. The second-order valence-electron chi connectivity index (χ2n) is 4.81. The molecule has 0 bridgehead atoms. The normalized spacial score (nSPS) is 12.1. The maximum absolute atomic E-state index is 13.3. The molecule has 0 radical (unpaired) electrons. The van der Waals surface area contributed by atoms with Gasteiger partial charge in [-0.3, -0.25) is 5.10 Å². The highest BCUT2D eigenvalue weighted by Crippen LogP contribution is 2.22. The van der Waals surface area contributed by atoms with E-state index in [4.69, 9.17) is 10.5 Å². The fourth-order valence-electron chi connectivity index (χ4n) is 2.14. The number of nitrogens with one attached hydrogen (secondary N) is 1. The van der Waals surface area contributed by atoms with Crippen LogP contribution < -0.4 is 10.5 Å². The van der Waals surface area contributed by atoms with Crippen molar-refractivity contribution in [2.24, 2.45) is 5.73 Å². The Bertz CT molecular complexity index is 770. The summed E-state index contributed by atoms with van der Waals surface area (Å²) in [5, 5.41) is 6.91. The van der Waals surface area contributed by atoms with Gasteiger partial charge in [0.15, 0.2) is 5.82 Å². The lowest BCUT2D eigenvalue weighted by Crippen LogP contribution is -2.13. The quantitative estimate of drug-likeness (QED) is 0.776. The first kappa shape index (κ1) is 14.2. The van der Waals surface area contributed by atoms with Crippen molar-refractivity contribution in [2.45, 2.75) is 6.04 Å². The molecule has 0 aliphatic rings. The number of ether oxygens (including phenoxy) is 1. The second kappa shape index (κ2) is 5.95. The molecule has 6 heteroatoms. The first-order chi connectivity index (χ1) is 10.7. The third-order valence-electron chi connectivity index (χ3n) is 3.36. The average molecular weight is 298 g/mol. The van der Waals surface area contributed by atoms with Crippen molar-refractivity contribution in [1.29, 1.82) is 0 Å². The molecule has 1 atom stereocenters. The van der Waals surface area contributed by atoms with Crippen molar-refractivity contribution < 1.29 is 9.13 Å². The van der Waals surface area contributed by atoms with Crippen molar-refractivity contribution >= 4 is 0 Å². The Morgan fingerprint density at radius 2 is 1.95 bits per heavy atom. The number of methoxy groups -OCH3 is 1. The van der Waals surface area contributed by atoms with Crippen molar-refractivity contribution in [3.8, 4) is 17.1 Å². The molecule has 0 spiro atoms. The van der Waals surface area contributed by atoms with Gasteiger partial charge in [-0.05, 0) is 29.8 Å². The van der Waals surface area contributed by atoms with E-state index in [1.165, 1.54) is 12.1 Å². The number of benzene rings is 2. The molecule has 5 nitrogen and oxygen atoms in total. The van der Waals surface area contributed by atoms with E-state index >= 15 is 0 Å². The number of rotatable bonds is 4. The van der Waals surface area contributed by atoms with Crippen LogP contribution in [-0.4, -0.2) is 22.3 Å². The number of nitrogens with two attached hydrogens (primary N) is 1. The minimum atomic E-state index is -0.444. The molecule has 22 heavy (non-hydrogen) atoms. The van der Waals surface area contributed by atoms with Gasteiger partial charge in [0.1, 0.15) is 17.4 Å². The Morgan fingerprint density at radius 3 is 2.64 bits per heavy atom. The highest BCUT2D eigenvalue weighted by molar-refractivity contribution is 5.54. The standard InChI is InChI=1S/C16H15FN4O/c1-22-13-7-5-10(6-8-13)14(18)16-19-15(20-21-16)11-3-2-4-12(17)9-11/h2-9,14H,18H2,1H3,(H,19,20,21). The van der Waals surface area contributed by atoms with Crippen LogP contribution >= 0.6 is 0 Å². The van der Waals surface area contributed by atoms with Crippen LogP contribution in [0.5, 0.6) is 5.75 Å². The van der Waals surface area contributed by atoms with Crippen LogP contribution in [0.3, 0.4) is 0 Å². The lowest BCUT2D eigenvalue weighted by Gasteiger charge is -2.09. The zero-order valence-corrected chi connectivity index (χ0v) is 12.0. The van der Waals surface area contributed by atoms with Crippen molar-refractivity contribution in [3.63, 3.8) is 0 Å². The minimum Gasteiger partial charge on any atom is -0.497 e. The van der Waals surface area contributed by atoms with Gasteiger partial charge in [0.05, 0.1) is 13.2 Å². The number of H-pyrrole nitrogens is 1. The van der Waals surface area contributed by atoms with E-state index in [1.807, 2.05) is 24.3 Å². The third-order valence-corrected chi connectivity index (χ3v) is 3.36. The van der Waals surface area contributed by atoms with E-state index in [2.05, 4.69) is 15.2 Å². The summed E-state index contributed by atoms with van der Waals surface area (Å²) in [7, 11) is 1.61. The molecule has 0 saturated carbocycles. The molecule has 3 N–H and O–H groups in total. The largest absolute Gasteiger partial charge is 0.497 e. The van der Waals surface area contributed by atoms with Crippen LogP contribution in [0.25, 0.3) is 11.4 Å². The number of halogens is 1. The summed E-state index contributed by atoms with van der Waals surface area (Å²) >= 11 is 0. The molecule has 1 unspecified atom stereocenters. The fourth-order valence-corrected chi connectivity index (χ4v) is 2.14. The van der Waals surface area contributed by atoms with Crippen LogP contribution in [0.4, 0.5) is 4.39 Å². The molecule has 2 aromatic carbocycles. The maximum atomic E-state index is 13.3. The third kappa shape index (κ3) is 2.82. The van der Waals surface area contributed by atoms with Crippen LogP contribution in [0.15, 0.2) is 48.5 Å². The van der Waals surface area contributed by atoms with Crippen LogP contribution in [-0.2, 0) is 0 Å². The van der Waals surface area contributed by atoms with Crippen molar-refractivity contribution in [3.05, 3.63) is 65.7 Å². The Morgan fingerprint density at radius 1 is 1.18 bits per heavy atom. The highest BCUT2D eigenvalue weighted by atomic mass is 19.1. The van der Waals surface area contributed by atoms with Crippen molar-refractivity contribution in [1.82, 2.24) is 15.2 Å². The molecule has 0 aliphatic carbocycles. The summed E-state index contributed by atoms with van der Waals surface area (Å²) in [5.41, 5.74) is 7.66. The molecular formula is C16H15FN4O. The summed E-state index contributed by atoms with van der Waals surface area (Å²) in [6.07, 6.45) is 0. The van der Waals surface area contributed by atoms with Crippen LogP contribution in [0, 0.1) is 5.82 Å². The van der Waals surface area contributed by atoms with Gasteiger partial charge in [0.25, 0.3) is 0 Å². The number of aromatic nitrogens is 3. The van der Waals surface area contributed by atoms with Crippen LogP contribution in [0.1, 0.15) is 17.4 Å². The monoisotopic (exact) mass is 298 g/mol. The number of aromatic amines is 1. The predicted octanol–water partition coefficient (Wildman–Crippen LogP) is 2.67. The van der Waals surface area contributed by atoms with Gasteiger partial charge in [0, 0.05) is 5.56 Å². The molecule has 0 amide bonds. The summed E-state index contributed by atoms with van der Waals surface area (Å²) in [6.45, 7) is 0. The van der Waals surface area contributed by atoms with Gasteiger partial charge in [0.2, 0.25) is 0 Å². The molecule has 0 saturated heterocycles. The lowest BCUT2D eigenvalue weighted by molar-refractivity contribution is 0.414. The summed E-state index contributed by atoms with van der Waals surface area (Å²) in [4.78, 5) is 4.35. The Hall–Kier alpha value is -2.73. The summed E-state index contributed by atoms with van der Waals surface area (Å²) in [6, 6.07) is 13.1. The number of hydrogen-bond acceptors (Lipinski definition) is 4. The van der Waals surface area contributed by atoms with E-state index in [-0.39, 0.29) is 5.82 Å². The second-order valence-corrected chi connectivity index (χ2v) is 4.81. The van der Waals surface area contributed by atoms with Crippen molar-refractivity contribution in [2.75, 3.05) is 7.11 Å². The van der Waals surface area contributed by atoms with E-state index in [0.717, 1.165) is 11.3 Å². The van der Waals surface area contributed by atoms with Gasteiger partial charge in [-0.15, -0.1) is 0 Å². The molecule has 112 valence electrons. The highest BCUT2D eigenvalue weighted by Gasteiger charge is 2.15. The van der Waals surface area contributed by atoms with Gasteiger partial charge < -0.3 is 10.5 Å².